The number of halogens is 1. The van der Waals surface area contributed by atoms with Crippen LogP contribution in [0.5, 0.6) is 5.75 Å². The molecular weight excluding hydrogens is 352 g/mol. The van der Waals surface area contributed by atoms with Gasteiger partial charge in [0.2, 0.25) is 5.78 Å². The molecule has 1 N–H and O–H groups in total. The summed E-state index contributed by atoms with van der Waals surface area (Å²) in [7, 11) is 0. The molecule has 0 saturated heterocycles. The molecule has 7 heteroatoms. The van der Waals surface area contributed by atoms with Crippen molar-refractivity contribution >= 4 is 23.1 Å². The number of aryl methyl sites for hydroxylation is 2. The standard InChI is InChI=1S/C19H23ClN4O2/c1-4-25-8-9-26-18-16(20)6-5-7-17(18)21-11-15-12-24-14(3)10-13(2)22-19(24)23-15/h5-7,10,12,21H,4,8-9,11H2,1-3H3. The van der Waals surface area contributed by atoms with Crippen LogP contribution in [-0.4, -0.2) is 34.2 Å². The summed E-state index contributed by atoms with van der Waals surface area (Å²) in [6.07, 6.45) is 1.99. The van der Waals surface area contributed by atoms with Crippen LogP contribution in [0.3, 0.4) is 0 Å². The molecule has 3 rings (SSSR count). The summed E-state index contributed by atoms with van der Waals surface area (Å²) in [5, 5.41) is 3.92. The fourth-order valence-electron chi connectivity index (χ4n) is 2.73. The molecule has 0 fully saturated rings. The van der Waals surface area contributed by atoms with Gasteiger partial charge in [-0.1, -0.05) is 17.7 Å². The number of ether oxygens (including phenoxy) is 2. The van der Waals surface area contributed by atoms with Crippen molar-refractivity contribution in [3.05, 3.63) is 52.6 Å². The highest BCUT2D eigenvalue weighted by Crippen LogP contribution is 2.33. The summed E-state index contributed by atoms with van der Waals surface area (Å²) in [6, 6.07) is 7.67. The van der Waals surface area contributed by atoms with Crippen molar-refractivity contribution in [2.45, 2.75) is 27.3 Å². The van der Waals surface area contributed by atoms with Crippen LogP contribution in [0.25, 0.3) is 5.78 Å². The van der Waals surface area contributed by atoms with Crippen LogP contribution in [0, 0.1) is 13.8 Å². The molecule has 1 aromatic carbocycles. The zero-order chi connectivity index (χ0) is 18.5. The Morgan fingerprint density at radius 3 is 2.85 bits per heavy atom. The molecule has 0 unspecified atom stereocenters. The summed E-state index contributed by atoms with van der Waals surface area (Å²) in [5.41, 5.74) is 3.78. The topological polar surface area (TPSA) is 60.7 Å². The van der Waals surface area contributed by atoms with E-state index in [2.05, 4.69) is 15.3 Å². The van der Waals surface area contributed by atoms with Gasteiger partial charge in [-0.05, 0) is 39.0 Å². The van der Waals surface area contributed by atoms with Crippen LogP contribution in [0.4, 0.5) is 5.69 Å². The van der Waals surface area contributed by atoms with Gasteiger partial charge in [-0.3, -0.25) is 4.40 Å². The van der Waals surface area contributed by atoms with E-state index < -0.39 is 0 Å². The molecule has 2 aromatic heterocycles. The maximum atomic E-state index is 6.29. The van der Waals surface area contributed by atoms with Crippen molar-refractivity contribution in [2.75, 3.05) is 25.1 Å². The first-order valence-corrected chi connectivity index (χ1v) is 9.01. The molecule has 0 atom stereocenters. The number of nitrogens with one attached hydrogen (secondary N) is 1. The number of para-hydroxylation sites is 1. The molecule has 26 heavy (non-hydrogen) atoms. The average molecular weight is 375 g/mol. The maximum absolute atomic E-state index is 6.29. The van der Waals surface area contributed by atoms with Crippen molar-refractivity contribution in [3.63, 3.8) is 0 Å². The van der Waals surface area contributed by atoms with E-state index in [0.717, 1.165) is 22.8 Å². The molecular formula is C19H23ClN4O2. The van der Waals surface area contributed by atoms with E-state index in [0.29, 0.717) is 42.9 Å². The molecule has 0 radical (unpaired) electrons. The number of rotatable bonds is 8. The van der Waals surface area contributed by atoms with Gasteiger partial charge in [0.15, 0.2) is 5.75 Å². The second kappa shape index (κ2) is 8.38. The number of hydrogen-bond acceptors (Lipinski definition) is 5. The van der Waals surface area contributed by atoms with E-state index in [9.17, 15) is 0 Å². The van der Waals surface area contributed by atoms with Gasteiger partial charge < -0.3 is 14.8 Å². The highest BCUT2D eigenvalue weighted by atomic mass is 35.5. The molecule has 0 saturated carbocycles. The van der Waals surface area contributed by atoms with E-state index in [1.54, 1.807) is 0 Å². The molecule has 138 valence electrons. The lowest BCUT2D eigenvalue weighted by atomic mass is 10.3. The van der Waals surface area contributed by atoms with Gasteiger partial charge in [-0.15, -0.1) is 0 Å². The van der Waals surface area contributed by atoms with Gasteiger partial charge in [0.05, 0.1) is 29.6 Å². The Morgan fingerprint density at radius 1 is 1.19 bits per heavy atom. The minimum absolute atomic E-state index is 0.447. The van der Waals surface area contributed by atoms with Crippen LogP contribution in [-0.2, 0) is 11.3 Å². The summed E-state index contributed by atoms with van der Waals surface area (Å²) in [4.78, 5) is 9.05. The molecule has 0 aliphatic rings. The van der Waals surface area contributed by atoms with Gasteiger partial charge in [-0.25, -0.2) is 9.97 Å². The average Bonchev–Trinajstić information content (AvgIpc) is 3.01. The summed E-state index contributed by atoms with van der Waals surface area (Å²) >= 11 is 6.29. The van der Waals surface area contributed by atoms with Gasteiger partial charge in [-0.2, -0.15) is 0 Å². The van der Waals surface area contributed by atoms with Crippen molar-refractivity contribution < 1.29 is 9.47 Å². The predicted octanol–water partition coefficient (Wildman–Crippen LogP) is 4.03. The van der Waals surface area contributed by atoms with Crippen LogP contribution < -0.4 is 10.1 Å². The molecule has 0 amide bonds. The largest absolute Gasteiger partial charge is 0.487 e. The van der Waals surface area contributed by atoms with E-state index in [4.69, 9.17) is 21.1 Å². The van der Waals surface area contributed by atoms with Crippen molar-refractivity contribution in [3.8, 4) is 5.75 Å². The molecule has 3 aromatic rings. The Morgan fingerprint density at radius 2 is 2.04 bits per heavy atom. The summed E-state index contributed by atoms with van der Waals surface area (Å²) in [5.74, 6) is 1.33. The fraction of sp³-hybridized carbons (Fsp3) is 0.368. The van der Waals surface area contributed by atoms with E-state index >= 15 is 0 Å². The number of aromatic nitrogens is 3. The Labute approximate surface area is 158 Å². The monoisotopic (exact) mass is 374 g/mol. The minimum Gasteiger partial charge on any atom is -0.487 e. The quantitative estimate of drug-likeness (QED) is 0.603. The van der Waals surface area contributed by atoms with Crippen LogP contribution in [0.1, 0.15) is 24.0 Å². The zero-order valence-corrected chi connectivity index (χ0v) is 16.0. The third-order valence-corrected chi connectivity index (χ3v) is 4.21. The Bertz CT molecular complexity index is 895. The Kier molecular flexibility index (Phi) is 5.96. The normalized spacial score (nSPS) is 11.1. The molecule has 0 bridgehead atoms. The second-order valence-corrected chi connectivity index (χ2v) is 6.36. The molecule has 2 heterocycles. The molecule has 0 spiro atoms. The first-order valence-electron chi connectivity index (χ1n) is 8.63. The smallest absolute Gasteiger partial charge is 0.234 e. The number of fused-ring (bicyclic) bond motifs is 1. The van der Waals surface area contributed by atoms with Crippen LogP contribution in [0.2, 0.25) is 5.02 Å². The fourth-order valence-corrected chi connectivity index (χ4v) is 2.96. The lowest BCUT2D eigenvalue weighted by Crippen LogP contribution is -2.09. The van der Waals surface area contributed by atoms with Gasteiger partial charge in [0.1, 0.15) is 6.61 Å². The second-order valence-electron chi connectivity index (χ2n) is 5.96. The number of nitrogens with zero attached hydrogens (tertiary/aromatic N) is 3. The first kappa shape index (κ1) is 18.5. The summed E-state index contributed by atoms with van der Waals surface area (Å²) in [6.45, 7) is 8.15. The van der Waals surface area contributed by atoms with E-state index in [-0.39, 0.29) is 0 Å². The third-order valence-electron chi connectivity index (χ3n) is 3.92. The highest BCUT2D eigenvalue weighted by molar-refractivity contribution is 6.32. The maximum Gasteiger partial charge on any atom is 0.234 e. The lowest BCUT2D eigenvalue weighted by molar-refractivity contribution is 0.110. The van der Waals surface area contributed by atoms with Gasteiger partial charge in [0.25, 0.3) is 0 Å². The van der Waals surface area contributed by atoms with Crippen LogP contribution >= 0.6 is 11.6 Å². The Hall–Kier alpha value is -2.31. The van der Waals surface area contributed by atoms with Crippen molar-refractivity contribution in [1.29, 1.82) is 0 Å². The third kappa shape index (κ3) is 4.26. The number of hydrogen-bond donors (Lipinski definition) is 1. The predicted molar refractivity (Wildman–Crippen MR) is 103 cm³/mol. The number of benzene rings is 1. The minimum atomic E-state index is 0.447. The molecule has 0 aliphatic heterocycles. The molecule has 0 aliphatic carbocycles. The van der Waals surface area contributed by atoms with Crippen molar-refractivity contribution in [2.24, 2.45) is 0 Å². The van der Waals surface area contributed by atoms with E-state index in [1.807, 2.05) is 55.6 Å². The number of anilines is 1. The lowest BCUT2D eigenvalue weighted by Gasteiger charge is -2.14. The highest BCUT2D eigenvalue weighted by Gasteiger charge is 2.10. The van der Waals surface area contributed by atoms with Crippen molar-refractivity contribution in [1.82, 2.24) is 14.4 Å². The zero-order valence-electron chi connectivity index (χ0n) is 15.3. The van der Waals surface area contributed by atoms with E-state index in [1.165, 1.54) is 0 Å². The van der Waals surface area contributed by atoms with Crippen LogP contribution in [0.15, 0.2) is 30.5 Å². The van der Waals surface area contributed by atoms with Gasteiger partial charge >= 0.3 is 0 Å². The first-order chi connectivity index (χ1) is 12.6. The molecule has 6 nitrogen and oxygen atoms in total. The number of imidazole rings is 1. The Balaban J connectivity index is 1.73. The summed E-state index contributed by atoms with van der Waals surface area (Å²) < 4.78 is 13.1. The van der Waals surface area contributed by atoms with Gasteiger partial charge in [0, 0.05) is 24.2 Å². The SMILES string of the molecule is CCOCCOc1c(Cl)cccc1NCc1cn2c(C)cc(C)nc2n1.